The Bertz CT molecular complexity index is 551. The van der Waals surface area contributed by atoms with Crippen molar-refractivity contribution in [2.45, 2.75) is 19.3 Å². The fraction of sp³-hybridized carbons (Fsp3) is 0.533. The molecule has 0 aliphatic carbocycles. The van der Waals surface area contributed by atoms with Crippen LogP contribution in [-0.2, 0) is 37.0 Å². The molecular formula is C15H23N3O3W. The summed E-state index contributed by atoms with van der Waals surface area (Å²) in [5, 5.41) is 0. The van der Waals surface area contributed by atoms with Crippen LogP contribution >= 0.6 is 0 Å². The number of H-pyrrole nitrogens is 1. The number of pyridine rings is 1. The van der Waals surface area contributed by atoms with Gasteiger partial charge in [0.1, 0.15) is 0 Å². The number of nitrogens with zero attached hydrogens (tertiary/aromatic N) is 1. The topological polar surface area (TPSA) is 86.2 Å². The molecule has 0 radical (unpaired) electrons. The minimum Gasteiger partial charge on any atom is -0.482 e. The van der Waals surface area contributed by atoms with Crippen LogP contribution in [-0.4, -0.2) is 43.1 Å². The van der Waals surface area contributed by atoms with E-state index in [9.17, 15) is 9.59 Å². The molecule has 122 valence electrons. The molecule has 1 fully saturated rings. The monoisotopic (exact) mass is 477 g/mol. The van der Waals surface area contributed by atoms with Crippen LogP contribution in [0.25, 0.3) is 5.73 Å². The van der Waals surface area contributed by atoms with Gasteiger partial charge in [-0.05, 0) is 51.5 Å². The van der Waals surface area contributed by atoms with Gasteiger partial charge < -0.3 is 27.8 Å². The Hall–Kier alpha value is -1.13. The summed E-state index contributed by atoms with van der Waals surface area (Å²) in [6.07, 6.45) is 1.80. The number of hydrogen-bond donors (Lipinski definition) is 1. The molecule has 0 saturated carbocycles. The number of ether oxygens (including phenoxy) is 1. The zero-order valence-corrected chi connectivity index (χ0v) is 16.2. The van der Waals surface area contributed by atoms with Crippen LogP contribution in [0.1, 0.15) is 18.5 Å². The van der Waals surface area contributed by atoms with Gasteiger partial charge in [-0.25, -0.2) is 0 Å². The maximum Gasteiger partial charge on any atom is 2.00 e. The average molecular weight is 477 g/mol. The summed E-state index contributed by atoms with van der Waals surface area (Å²) in [6, 6.07) is 2.68. The summed E-state index contributed by atoms with van der Waals surface area (Å²) in [4.78, 5) is 28.7. The van der Waals surface area contributed by atoms with Gasteiger partial charge in [-0.1, -0.05) is 11.5 Å². The average Bonchev–Trinajstić information content (AvgIpc) is 2.39. The minimum absolute atomic E-state index is 0. The Labute approximate surface area is 145 Å². The fourth-order valence-electron chi connectivity index (χ4n) is 2.78. The van der Waals surface area contributed by atoms with E-state index < -0.39 is 5.41 Å². The van der Waals surface area contributed by atoms with E-state index in [0.717, 1.165) is 13.1 Å². The van der Waals surface area contributed by atoms with E-state index in [2.05, 4.69) is 9.88 Å². The number of likely N-dealkylation sites (tertiary alicyclic amines) is 1. The number of methoxy groups -OCH3 is 1. The molecule has 0 unspecified atom stereocenters. The standard InChI is InChI=1S/C14H21N3O3.CH3.W/c1-17-5-3-14(4-6-17,13(19)20-2)9-10-7-11(18)8-12(15)16-10;;/h7-8H,3-6,9H2,1-2H3,(H3,15,16,18);1H3;/q;-1;+2/p-1. The predicted octanol–water partition coefficient (Wildman–Crippen LogP) is 1.93. The third kappa shape index (κ3) is 4.68. The third-order valence-electron chi connectivity index (χ3n) is 3.99. The third-order valence-corrected chi connectivity index (χ3v) is 3.99. The van der Waals surface area contributed by atoms with Crippen LogP contribution in [0.3, 0.4) is 0 Å². The normalized spacial score (nSPS) is 17.0. The van der Waals surface area contributed by atoms with Gasteiger partial charge in [0, 0.05) is 0 Å². The van der Waals surface area contributed by atoms with Crippen molar-refractivity contribution in [2.75, 3.05) is 27.2 Å². The number of nitrogens with one attached hydrogen (secondary N) is 2. The zero-order valence-electron chi connectivity index (χ0n) is 13.3. The largest absolute Gasteiger partial charge is 2.00 e. The first-order valence-electron chi connectivity index (χ1n) is 6.67. The summed E-state index contributed by atoms with van der Waals surface area (Å²) in [6.45, 7) is 1.64. The first kappa shape index (κ1) is 20.9. The maximum absolute atomic E-state index is 12.2. The van der Waals surface area contributed by atoms with Crippen LogP contribution in [0, 0.1) is 12.8 Å². The van der Waals surface area contributed by atoms with Crippen molar-refractivity contribution in [1.29, 1.82) is 0 Å². The second kappa shape index (κ2) is 8.49. The smallest absolute Gasteiger partial charge is 0.482 e. The molecule has 1 aromatic rings. The van der Waals surface area contributed by atoms with Crippen molar-refractivity contribution in [3.05, 3.63) is 41.2 Å². The summed E-state index contributed by atoms with van der Waals surface area (Å²) in [5.74, 6) is -0.165. The van der Waals surface area contributed by atoms with Crippen molar-refractivity contribution in [1.82, 2.24) is 9.88 Å². The van der Waals surface area contributed by atoms with E-state index in [-0.39, 0.29) is 45.7 Å². The van der Waals surface area contributed by atoms with Crippen molar-refractivity contribution in [3.8, 4) is 0 Å². The Morgan fingerprint density at radius 3 is 2.50 bits per heavy atom. The molecule has 0 atom stereocenters. The molecule has 0 amide bonds. The van der Waals surface area contributed by atoms with Gasteiger partial charge >= 0.3 is 27.0 Å². The van der Waals surface area contributed by atoms with E-state index in [1.54, 1.807) is 0 Å². The minimum atomic E-state index is -0.599. The molecular weight excluding hydrogens is 454 g/mol. The molecule has 0 bridgehead atoms. The first-order chi connectivity index (χ1) is 9.45. The molecule has 22 heavy (non-hydrogen) atoms. The van der Waals surface area contributed by atoms with Crippen LogP contribution in [0.5, 0.6) is 0 Å². The predicted molar refractivity (Wildman–Crippen MR) is 82.3 cm³/mol. The number of carbonyl (C=O) groups is 1. The summed E-state index contributed by atoms with van der Waals surface area (Å²) >= 11 is 0. The van der Waals surface area contributed by atoms with Crippen molar-refractivity contribution in [3.63, 3.8) is 0 Å². The summed E-state index contributed by atoms with van der Waals surface area (Å²) in [5.41, 5.74) is 7.37. The second-order valence-electron chi connectivity index (χ2n) is 5.51. The van der Waals surface area contributed by atoms with Gasteiger partial charge in [0.05, 0.1) is 12.5 Å². The van der Waals surface area contributed by atoms with Gasteiger partial charge in [-0.15, -0.1) is 0 Å². The van der Waals surface area contributed by atoms with E-state index in [1.165, 1.54) is 19.2 Å². The molecule has 7 heteroatoms. The molecule has 1 saturated heterocycles. The van der Waals surface area contributed by atoms with E-state index in [1.807, 2.05) is 7.05 Å². The number of aromatic nitrogens is 1. The first-order valence-corrected chi connectivity index (χ1v) is 6.67. The number of piperidine rings is 1. The molecule has 2 N–H and O–H groups in total. The van der Waals surface area contributed by atoms with E-state index >= 15 is 0 Å². The van der Waals surface area contributed by atoms with Crippen molar-refractivity contribution >= 4 is 11.8 Å². The Morgan fingerprint density at radius 1 is 1.41 bits per heavy atom. The van der Waals surface area contributed by atoms with E-state index in [4.69, 9.17) is 10.5 Å². The molecule has 2 rings (SSSR count). The number of rotatable bonds is 3. The Morgan fingerprint density at radius 2 is 2.00 bits per heavy atom. The van der Waals surface area contributed by atoms with Gasteiger partial charge in [-0.3, -0.25) is 9.59 Å². The Kier molecular flexibility index (Phi) is 8.05. The van der Waals surface area contributed by atoms with E-state index in [0.29, 0.717) is 25.0 Å². The van der Waals surface area contributed by atoms with Crippen LogP contribution in [0.4, 0.5) is 5.82 Å². The SMILES string of the molecule is COC(=O)C1(Cc2cc(=O)cc([NH-])[nH]2)CCN(C)CC1.[CH3-].[W+2]. The molecule has 1 aliphatic rings. The molecule has 0 spiro atoms. The van der Waals surface area contributed by atoms with Gasteiger partial charge in [0.25, 0.3) is 0 Å². The van der Waals surface area contributed by atoms with Gasteiger partial charge in [0.2, 0.25) is 0 Å². The summed E-state index contributed by atoms with van der Waals surface area (Å²) < 4.78 is 4.96. The molecule has 0 aromatic carbocycles. The van der Waals surface area contributed by atoms with Crippen LogP contribution in [0.15, 0.2) is 16.9 Å². The molecule has 2 heterocycles. The summed E-state index contributed by atoms with van der Waals surface area (Å²) in [7, 11) is 3.42. The van der Waals surface area contributed by atoms with Gasteiger partial charge in [-0.2, -0.15) is 0 Å². The van der Waals surface area contributed by atoms with Crippen molar-refractivity contribution in [2.24, 2.45) is 5.41 Å². The quantitative estimate of drug-likeness (QED) is 0.533. The molecule has 1 aliphatic heterocycles. The number of hydrogen-bond acceptors (Lipinski definition) is 4. The number of esters is 1. The molecule has 1 aromatic heterocycles. The van der Waals surface area contributed by atoms with Gasteiger partial charge in [0.15, 0.2) is 5.43 Å². The van der Waals surface area contributed by atoms with Crippen LogP contribution < -0.4 is 5.43 Å². The second-order valence-corrected chi connectivity index (χ2v) is 5.51. The van der Waals surface area contributed by atoms with Crippen molar-refractivity contribution < 1.29 is 30.6 Å². The fourth-order valence-corrected chi connectivity index (χ4v) is 2.78. The number of carbonyl (C=O) groups excluding carboxylic acids is 1. The zero-order chi connectivity index (χ0) is 14.8. The maximum atomic E-state index is 12.2. The Balaban J connectivity index is 0.00000220. The number of aromatic amines is 1. The molecule has 6 nitrogen and oxygen atoms in total. The van der Waals surface area contributed by atoms with Crippen LogP contribution in [0.2, 0.25) is 0 Å².